The highest BCUT2D eigenvalue weighted by Gasteiger charge is 2.09. The first kappa shape index (κ1) is 28.8. The van der Waals surface area contributed by atoms with Gasteiger partial charge in [0, 0.05) is 25.7 Å². The number of benzene rings is 4. The molecule has 0 saturated carbocycles. The fraction of sp³-hybridized carbons (Fsp3) is 0.194. The minimum absolute atomic E-state index is 0.170. The van der Waals surface area contributed by atoms with Gasteiger partial charge in [0.1, 0.15) is 11.4 Å². The van der Waals surface area contributed by atoms with Crippen LogP contribution in [0.25, 0.3) is 0 Å². The Balaban J connectivity index is 1.44. The molecule has 10 nitrogen and oxygen atoms in total. The standard InChI is InChI=1S/C31H32N8O2/c1-5-39(6-2)27-14-18-30(31(20-27)32-22(4)40)38-36-26-13-17-29(21(3)19-26)37-35-24-9-7-23(8-10-24)33-34-25-11-15-28(41)16-12-25/h7-20,41H,5-6H2,1-4H3,(H,32,40). The summed E-state index contributed by atoms with van der Waals surface area (Å²) >= 11 is 0. The minimum Gasteiger partial charge on any atom is -0.508 e. The Kier molecular flexibility index (Phi) is 9.61. The van der Waals surface area contributed by atoms with Crippen molar-refractivity contribution >= 4 is 51.4 Å². The third-order valence-electron chi connectivity index (χ3n) is 6.13. The largest absolute Gasteiger partial charge is 0.508 e. The van der Waals surface area contributed by atoms with Gasteiger partial charge in [-0.2, -0.15) is 25.6 Å². The molecule has 4 aromatic carbocycles. The number of amides is 1. The Morgan fingerprint density at radius 1 is 0.683 bits per heavy atom. The molecule has 0 aromatic heterocycles. The van der Waals surface area contributed by atoms with Crippen LogP contribution < -0.4 is 10.2 Å². The fourth-order valence-electron chi connectivity index (χ4n) is 3.94. The smallest absolute Gasteiger partial charge is 0.221 e. The van der Waals surface area contributed by atoms with Crippen LogP contribution in [-0.2, 0) is 4.79 Å². The average Bonchev–Trinajstić information content (AvgIpc) is 2.97. The Morgan fingerprint density at radius 3 is 1.73 bits per heavy atom. The number of azo groups is 3. The van der Waals surface area contributed by atoms with Gasteiger partial charge in [0.2, 0.25) is 5.91 Å². The van der Waals surface area contributed by atoms with E-state index < -0.39 is 0 Å². The molecule has 0 aliphatic heterocycles. The van der Waals surface area contributed by atoms with Crippen molar-refractivity contribution in [3.05, 3.63) is 90.5 Å². The molecule has 10 heteroatoms. The highest BCUT2D eigenvalue weighted by molar-refractivity contribution is 5.93. The number of anilines is 2. The fourth-order valence-corrected chi connectivity index (χ4v) is 3.94. The third kappa shape index (κ3) is 8.12. The van der Waals surface area contributed by atoms with Crippen LogP contribution in [0.2, 0.25) is 0 Å². The summed E-state index contributed by atoms with van der Waals surface area (Å²) in [5, 5.41) is 38.1. The van der Waals surface area contributed by atoms with Gasteiger partial charge in [-0.25, -0.2) is 0 Å². The van der Waals surface area contributed by atoms with Crippen molar-refractivity contribution in [2.24, 2.45) is 30.7 Å². The van der Waals surface area contributed by atoms with E-state index in [1.165, 1.54) is 6.92 Å². The van der Waals surface area contributed by atoms with E-state index in [0.29, 0.717) is 39.8 Å². The van der Waals surface area contributed by atoms with E-state index in [-0.39, 0.29) is 11.7 Å². The maximum absolute atomic E-state index is 11.8. The molecule has 0 heterocycles. The SMILES string of the molecule is CCN(CC)c1ccc(N=Nc2ccc(N=Nc3ccc(N=Nc4ccc(O)cc4)cc3)c(C)c2)c(NC(C)=O)c1. The van der Waals surface area contributed by atoms with E-state index in [4.69, 9.17) is 0 Å². The Hall–Kier alpha value is -5.25. The molecule has 208 valence electrons. The van der Waals surface area contributed by atoms with E-state index in [1.54, 1.807) is 36.4 Å². The van der Waals surface area contributed by atoms with Crippen molar-refractivity contribution in [2.75, 3.05) is 23.3 Å². The number of carbonyl (C=O) groups is 1. The molecule has 0 saturated heterocycles. The molecule has 0 fully saturated rings. The number of aryl methyl sites for hydroxylation is 1. The second-order valence-corrected chi connectivity index (χ2v) is 9.16. The summed E-state index contributed by atoms with van der Waals surface area (Å²) in [6.07, 6.45) is 0. The van der Waals surface area contributed by atoms with Gasteiger partial charge in [0.15, 0.2) is 0 Å². The number of phenolic OH excluding ortho intramolecular Hbond substituents is 1. The van der Waals surface area contributed by atoms with Crippen molar-refractivity contribution in [3.63, 3.8) is 0 Å². The molecular weight excluding hydrogens is 516 g/mol. The van der Waals surface area contributed by atoms with E-state index in [0.717, 1.165) is 24.3 Å². The molecule has 4 rings (SSSR count). The van der Waals surface area contributed by atoms with Gasteiger partial charge in [-0.15, -0.1) is 5.11 Å². The number of phenols is 1. The first-order valence-electron chi connectivity index (χ1n) is 13.3. The normalized spacial score (nSPS) is 11.5. The van der Waals surface area contributed by atoms with E-state index in [1.807, 2.05) is 55.5 Å². The van der Waals surface area contributed by atoms with Crippen molar-refractivity contribution in [1.29, 1.82) is 0 Å². The summed E-state index contributed by atoms with van der Waals surface area (Å²) in [6, 6.07) is 25.0. The molecule has 2 N–H and O–H groups in total. The van der Waals surface area contributed by atoms with Gasteiger partial charge >= 0.3 is 0 Å². The summed E-state index contributed by atoms with van der Waals surface area (Å²) < 4.78 is 0. The van der Waals surface area contributed by atoms with Crippen molar-refractivity contribution in [1.82, 2.24) is 0 Å². The summed E-state index contributed by atoms with van der Waals surface area (Å²) in [7, 11) is 0. The van der Waals surface area contributed by atoms with Gasteiger partial charge in [-0.3, -0.25) is 4.79 Å². The van der Waals surface area contributed by atoms with Crippen LogP contribution in [0.15, 0.2) is 116 Å². The minimum atomic E-state index is -0.170. The summed E-state index contributed by atoms with van der Waals surface area (Å²) in [5.74, 6) is 0.0127. The number of hydrogen-bond donors (Lipinski definition) is 2. The number of rotatable bonds is 10. The number of carbonyl (C=O) groups excluding carboxylic acids is 1. The van der Waals surface area contributed by atoms with Gasteiger partial charge < -0.3 is 15.3 Å². The summed E-state index contributed by atoms with van der Waals surface area (Å²) in [6.45, 7) is 9.30. The van der Waals surface area contributed by atoms with Crippen LogP contribution in [0, 0.1) is 6.92 Å². The van der Waals surface area contributed by atoms with Gasteiger partial charge in [0.25, 0.3) is 0 Å². The van der Waals surface area contributed by atoms with E-state index in [9.17, 15) is 9.90 Å². The lowest BCUT2D eigenvalue weighted by atomic mass is 10.2. The quantitative estimate of drug-likeness (QED) is 0.191. The Labute approximate surface area is 239 Å². The number of nitrogens with one attached hydrogen (secondary N) is 1. The molecule has 0 radical (unpaired) electrons. The lowest BCUT2D eigenvalue weighted by Gasteiger charge is -2.22. The van der Waals surface area contributed by atoms with Crippen LogP contribution in [-0.4, -0.2) is 24.1 Å². The molecule has 41 heavy (non-hydrogen) atoms. The van der Waals surface area contributed by atoms with Crippen LogP contribution in [0.4, 0.5) is 45.5 Å². The van der Waals surface area contributed by atoms with Gasteiger partial charge in [-0.1, -0.05) is 0 Å². The predicted octanol–water partition coefficient (Wildman–Crippen LogP) is 9.75. The topological polar surface area (TPSA) is 127 Å². The zero-order valence-corrected chi connectivity index (χ0v) is 23.5. The maximum atomic E-state index is 11.8. The first-order chi connectivity index (χ1) is 19.8. The summed E-state index contributed by atoms with van der Waals surface area (Å²) in [5.41, 5.74) is 6.45. The molecule has 1 amide bonds. The lowest BCUT2D eigenvalue weighted by Crippen LogP contribution is -2.21. The Bertz CT molecular complexity index is 1580. The lowest BCUT2D eigenvalue weighted by molar-refractivity contribution is -0.114. The van der Waals surface area contributed by atoms with Crippen molar-refractivity contribution < 1.29 is 9.90 Å². The predicted molar refractivity (Wildman–Crippen MR) is 163 cm³/mol. The second-order valence-electron chi connectivity index (χ2n) is 9.16. The highest BCUT2D eigenvalue weighted by atomic mass is 16.3. The summed E-state index contributed by atoms with van der Waals surface area (Å²) in [4.78, 5) is 14.0. The first-order valence-corrected chi connectivity index (χ1v) is 13.3. The molecule has 0 aliphatic carbocycles. The van der Waals surface area contributed by atoms with E-state index >= 15 is 0 Å². The number of hydrogen-bond acceptors (Lipinski definition) is 9. The molecule has 0 bridgehead atoms. The van der Waals surface area contributed by atoms with Crippen LogP contribution in [0.3, 0.4) is 0 Å². The average molecular weight is 549 g/mol. The zero-order chi connectivity index (χ0) is 29.2. The molecular formula is C31H32N8O2. The van der Waals surface area contributed by atoms with Crippen LogP contribution in [0.1, 0.15) is 26.3 Å². The van der Waals surface area contributed by atoms with E-state index in [2.05, 4.69) is 54.7 Å². The molecule has 0 atom stereocenters. The molecule has 0 aliphatic rings. The second kappa shape index (κ2) is 13.7. The number of nitrogens with zero attached hydrogens (tertiary/aromatic N) is 7. The third-order valence-corrected chi connectivity index (χ3v) is 6.13. The highest BCUT2D eigenvalue weighted by Crippen LogP contribution is 2.33. The monoisotopic (exact) mass is 548 g/mol. The molecule has 0 unspecified atom stereocenters. The molecule has 0 spiro atoms. The Morgan fingerprint density at radius 2 is 1.17 bits per heavy atom. The number of aromatic hydroxyl groups is 1. The van der Waals surface area contributed by atoms with Gasteiger partial charge in [0.05, 0.1) is 34.1 Å². The van der Waals surface area contributed by atoms with Crippen molar-refractivity contribution in [2.45, 2.75) is 27.7 Å². The molecule has 4 aromatic rings. The maximum Gasteiger partial charge on any atom is 0.221 e. The van der Waals surface area contributed by atoms with Crippen LogP contribution in [0.5, 0.6) is 5.75 Å². The van der Waals surface area contributed by atoms with Crippen molar-refractivity contribution in [3.8, 4) is 5.75 Å². The zero-order valence-electron chi connectivity index (χ0n) is 23.5. The van der Waals surface area contributed by atoms with Crippen LogP contribution >= 0.6 is 0 Å². The van der Waals surface area contributed by atoms with Gasteiger partial charge in [-0.05, 0) is 111 Å².